The molecule has 0 aliphatic carbocycles. The van der Waals surface area contributed by atoms with Crippen molar-refractivity contribution in [3.05, 3.63) is 70.9 Å². The van der Waals surface area contributed by atoms with Crippen molar-refractivity contribution in [3.8, 4) is 0 Å². The molecule has 0 bridgehead atoms. The summed E-state index contributed by atoms with van der Waals surface area (Å²) in [5, 5.41) is 5.31. The Morgan fingerprint density at radius 2 is 1.85 bits per heavy atom. The molecule has 0 amide bonds. The topological polar surface area (TPSA) is 25.2 Å². The molecule has 2 nitrogen and oxygen atoms in total. The molecule has 0 spiro atoms. The highest BCUT2D eigenvalue weighted by atomic mass is 35.5. The largest absolute Gasteiger partial charge is 0.464 e. The quantitative estimate of drug-likeness (QED) is 0.758. The SMILES string of the molecule is CNC(Cc1ccccc1Cl)c1coc2ccccc12. The molecule has 1 aromatic heterocycles. The van der Waals surface area contributed by atoms with Crippen molar-refractivity contribution in [2.75, 3.05) is 7.05 Å². The van der Waals surface area contributed by atoms with Gasteiger partial charge in [0.05, 0.1) is 6.26 Å². The van der Waals surface area contributed by atoms with Crippen LogP contribution in [0.4, 0.5) is 0 Å². The van der Waals surface area contributed by atoms with Gasteiger partial charge in [0, 0.05) is 22.0 Å². The Labute approximate surface area is 123 Å². The number of likely N-dealkylation sites (N-methyl/N-ethyl adjacent to an activating group) is 1. The van der Waals surface area contributed by atoms with Gasteiger partial charge >= 0.3 is 0 Å². The van der Waals surface area contributed by atoms with Crippen LogP contribution in [0.15, 0.2) is 59.2 Å². The zero-order chi connectivity index (χ0) is 13.9. The van der Waals surface area contributed by atoms with E-state index < -0.39 is 0 Å². The predicted molar refractivity (Wildman–Crippen MR) is 83.2 cm³/mol. The number of halogens is 1. The van der Waals surface area contributed by atoms with Crippen molar-refractivity contribution in [1.29, 1.82) is 0 Å². The van der Waals surface area contributed by atoms with Crippen LogP contribution in [0.1, 0.15) is 17.2 Å². The first-order valence-corrected chi connectivity index (χ1v) is 7.04. The van der Waals surface area contributed by atoms with Gasteiger partial charge in [-0.1, -0.05) is 48.0 Å². The smallest absolute Gasteiger partial charge is 0.134 e. The number of nitrogens with one attached hydrogen (secondary N) is 1. The minimum atomic E-state index is 0.179. The molecule has 0 fully saturated rings. The summed E-state index contributed by atoms with van der Waals surface area (Å²) in [6, 6.07) is 16.2. The summed E-state index contributed by atoms with van der Waals surface area (Å²) in [5.74, 6) is 0. The molecule has 1 N–H and O–H groups in total. The minimum Gasteiger partial charge on any atom is -0.464 e. The van der Waals surface area contributed by atoms with Gasteiger partial charge in [-0.05, 0) is 31.2 Å². The van der Waals surface area contributed by atoms with E-state index in [1.54, 1.807) is 0 Å². The van der Waals surface area contributed by atoms with Gasteiger partial charge in [-0.3, -0.25) is 0 Å². The van der Waals surface area contributed by atoms with E-state index in [1.807, 2.05) is 49.7 Å². The third-order valence-electron chi connectivity index (χ3n) is 3.62. The molecule has 1 atom stereocenters. The summed E-state index contributed by atoms with van der Waals surface area (Å²) in [6.45, 7) is 0. The first-order valence-electron chi connectivity index (χ1n) is 6.66. The lowest BCUT2D eigenvalue weighted by atomic mass is 9.98. The van der Waals surface area contributed by atoms with Crippen LogP contribution in [0.2, 0.25) is 5.02 Å². The Morgan fingerprint density at radius 3 is 2.65 bits per heavy atom. The molecule has 0 aliphatic rings. The monoisotopic (exact) mass is 285 g/mol. The molecule has 20 heavy (non-hydrogen) atoms. The lowest BCUT2D eigenvalue weighted by molar-refractivity contribution is 0.563. The number of benzene rings is 2. The van der Waals surface area contributed by atoms with Crippen molar-refractivity contribution >= 4 is 22.6 Å². The first-order chi connectivity index (χ1) is 9.79. The standard InChI is InChI=1S/C17H16ClNO/c1-19-16(10-12-6-2-4-8-15(12)18)14-11-20-17-9-5-3-7-13(14)17/h2-9,11,16,19H,10H2,1H3. The number of para-hydroxylation sites is 1. The highest BCUT2D eigenvalue weighted by Crippen LogP contribution is 2.29. The first kappa shape index (κ1) is 13.2. The van der Waals surface area contributed by atoms with Crippen LogP contribution in [0.5, 0.6) is 0 Å². The normalized spacial score (nSPS) is 12.7. The zero-order valence-corrected chi connectivity index (χ0v) is 12.0. The second-order valence-corrected chi connectivity index (χ2v) is 5.23. The van der Waals surface area contributed by atoms with E-state index in [0.717, 1.165) is 28.0 Å². The second kappa shape index (κ2) is 5.70. The van der Waals surface area contributed by atoms with Crippen molar-refractivity contribution in [1.82, 2.24) is 5.32 Å². The summed E-state index contributed by atoms with van der Waals surface area (Å²) >= 11 is 6.25. The number of hydrogen-bond acceptors (Lipinski definition) is 2. The van der Waals surface area contributed by atoms with E-state index in [4.69, 9.17) is 16.0 Å². The summed E-state index contributed by atoms with van der Waals surface area (Å²) in [7, 11) is 1.96. The van der Waals surface area contributed by atoms with E-state index in [2.05, 4.69) is 17.4 Å². The van der Waals surface area contributed by atoms with Gasteiger partial charge in [-0.2, -0.15) is 0 Å². The highest BCUT2D eigenvalue weighted by Gasteiger charge is 2.16. The molecule has 1 heterocycles. The van der Waals surface area contributed by atoms with E-state index in [-0.39, 0.29) is 6.04 Å². The maximum Gasteiger partial charge on any atom is 0.134 e. The molecule has 2 aromatic carbocycles. The van der Waals surface area contributed by atoms with Crippen molar-refractivity contribution in [3.63, 3.8) is 0 Å². The van der Waals surface area contributed by atoms with E-state index >= 15 is 0 Å². The summed E-state index contributed by atoms with van der Waals surface area (Å²) < 4.78 is 5.63. The number of furan rings is 1. The molecule has 3 aromatic rings. The van der Waals surface area contributed by atoms with Crippen LogP contribution in [0.3, 0.4) is 0 Å². The maximum absolute atomic E-state index is 6.25. The molecule has 102 valence electrons. The van der Waals surface area contributed by atoms with Crippen molar-refractivity contribution < 1.29 is 4.42 Å². The van der Waals surface area contributed by atoms with Gasteiger partial charge in [0.2, 0.25) is 0 Å². The highest BCUT2D eigenvalue weighted by molar-refractivity contribution is 6.31. The third kappa shape index (κ3) is 2.45. The molecular formula is C17H16ClNO. The molecule has 1 unspecified atom stereocenters. The Hall–Kier alpha value is -1.77. The molecule has 0 aliphatic heterocycles. The van der Waals surface area contributed by atoms with E-state index in [9.17, 15) is 0 Å². The van der Waals surface area contributed by atoms with Crippen molar-refractivity contribution in [2.24, 2.45) is 0 Å². The van der Waals surface area contributed by atoms with E-state index in [0.29, 0.717) is 0 Å². The number of rotatable bonds is 4. The van der Waals surface area contributed by atoms with Gasteiger partial charge in [0.15, 0.2) is 0 Å². The number of hydrogen-bond donors (Lipinski definition) is 1. The lowest BCUT2D eigenvalue weighted by Crippen LogP contribution is -2.18. The van der Waals surface area contributed by atoms with Crippen LogP contribution in [-0.4, -0.2) is 7.05 Å². The van der Waals surface area contributed by atoms with Crippen LogP contribution in [0.25, 0.3) is 11.0 Å². The molecule has 3 heteroatoms. The molecular weight excluding hydrogens is 270 g/mol. The summed E-state index contributed by atoms with van der Waals surface area (Å²) in [5.41, 5.74) is 3.23. The average molecular weight is 286 g/mol. The Balaban J connectivity index is 1.96. The van der Waals surface area contributed by atoms with Crippen LogP contribution >= 0.6 is 11.6 Å². The van der Waals surface area contributed by atoms with Crippen molar-refractivity contribution in [2.45, 2.75) is 12.5 Å². The fourth-order valence-corrected chi connectivity index (χ4v) is 2.73. The van der Waals surface area contributed by atoms with Gasteiger partial charge in [0.25, 0.3) is 0 Å². The lowest BCUT2D eigenvalue weighted by Gasteiger charge is -2.16. The van der Waals surface area contributed by atoms with E-state index in [1.165, 1.54) is 5.56 Å². The van der Waals surface area contributed by atoms with Gasteiger partial charge in [-0.15, -0.1) is 0 Å². The second-order valence-electron chi connectivity index (χ2n) is 4.82. The van der Waals surface area contributed by atoms with Gasteiger partial charge in [-0.25, -0.2) is 0 Å². The predicted octanol–water partition coefficient (Wildman–Crippen LogP) is 4.59. The Bertz CT molecular complexity index is 720. The Morgan fingerprint density at radius 1 is 1.10 bits per heavy atom. The van der Waals surface area contributed by atoms with Gasteiger partial charge < -0.3 is 9.73 Å². The van der Waals surface area contributed by atoms with Crippen LogP contribution in [-0.2, 0) is 6.42 Å². The number of fused-ring (bicyclic) bond motifs is 1. The zero-order valence-electron chi connectivity index (χ0n) is 11.3. The van der Waals surface area contributed by atoms with Crippen LogP contribution in [0, 0.1) is 0 Å². The fourth-order valence-electron chi connectivity index (χ4n) is 2.52. The molecule has 0 radical (unpaired) electrons. The third-order valence-corrected chi connectivity index (χ3v) is 3.99. The Kier molecular flexibility index (Phi) is 3.77. The molecule has 0 saturated heterocycles. The fraction of sp³-hybridized carbons (Fsp3) is 0.176. The minimum absolute atomic E-state index is 0.179. The molecule has 3 rings (SSSR count). The summed E-state index contributed by atoms with van der Waals surface area (Å²) in [4.78, 5) is 0. The van der Waals surface area contributed by atoms with Crippen LogP contribution < -0.4 is 5.32 Å². The molecule has 0 saturated carbocycles. The maximum atomic E-state index is 6.25. The summed E-state index contributed by atoms with van der Waals surface area (Å²) in [6.07, 6.45) is 2.67. The average Bonchev–Trinajstić information content (AvgIpc) is 2.90. The van der Waals surface area contributed by atoms with Gasteiger partial charge in [0.1, 0.15) is 5.58 Å².